The molecule has 0 amide bonds. The number of benzene rings is 2. The highest BCUT2D eigenvalue weighted by Crippen LogP contribution is 2.34. The zero-order chi connectivity index (χ0) is 16.2. The van der Waals surface area contributed by atoms with Gasteiger partial charge in [0, 0.05) is 19.2 Å². The van der Waals surface area contributed by atoms with Crippen LogP contribution in [0.4, 0.5) is 5.69 Å². The molecule has 1 atom stereocenters. The van der Waals surface area contributed by atoms with Crippen molar-refractivity contribution in [2.24, 2.45) is 0 Å². The normalized spacial score (nSPS) is 18.0. The van der Waals surface area contributed by atoms with Gasteiger partial charge in [-0.25, -0.2) is 0 Å². The predicted molar refractivity (Wildman–Crippen MR) is 88.7 cm³/mol. The molecule has 0 N–H and O–H groups in total. The second-order valence-corrected chi connectivity index (χ2v) is 5.89. The van der Waals surface area contributed by atoms with Crippen molar-refractivity contribution in [3.63, 3.8) is 0 Å². The highest BCUT2D eigenvalue weighted by Gasteiger charge is 2.26. The molecule has 0 spiro atoms. The topological polar surface area (TPSA) is 55.6 Å². The van der Waals surface area contributed by atoms with E-state index in [2.05, 4.69) is 29.2 Å². The molecule has 0 aromatic heterocycles. The average Bonchev–Trinajstić information content (AvgIpc) is 3.03. The van der Waals surface area contributed by atoms with Gasteiger partial charge in [-0.05, 0) is 36.1 Å². The summed E-state index contributed by atoms with van der Waals surface area (Å²) in [6.07, 6.45) is 1.06. The summed E-state index contributed by atoms with van der Waals surface area (Å²) in [5.74, 6) is 0.738. The standard InChI is InChI=1S/C18H20N2O3/c1-23-18-11-15(7-8-17(18)20(21)22)16-9-10-19(13-16)12-14-5-3-2-4-6-14/h2-8,11,16H,9-10,12-13H2,1H3/t16-/m0/s1. The number of nitrogens with zero attached hydrogens (tertiary/aromatic N) is 2. The predicted octanol–water partition coefficient (Wildman–Crippen LogP) is 3.59. The van der Waals surface area contributed by atoms with Gasteiger partial charge in [0.1, 0.15) is 0 Å². The highest BCUT2D eigenvalue weighted by molar-refractivity contribution is 5.49. The number of nitro groups is 1. The van der Waals surface area contributed by atoms with Crippen molar-refractivity contribution in [2.45, 2.75) is 18.9 Å². The summed E-state index contributed by atoms with van der Waals surface area (Å²) < 4.78 is 5.17. The molecule has 1 aliphatic rings. The van der Waals surface area contributed by atoms with Gasteiger partial charge in [-0.1, -0.05) is 36.4 Å². The van der Waals surface area contributed by atoms with Crippen LogP contribution in [0.3, 0.4) is 0 Å². The first-order valence-corrected chi connectivity index (χ1v) is 7.76. The van der Waals surface area contributed by atoms with Crippen molar-refractivity contribution in [3.8, 4) is 5.75 Å². The second kappa shape index (κ2) is 6.79. The van der Waals surface area contributed by atoms with Crippen LogP contribution in [0.5, 0.6) is 5.75 Å². The summed E-state index contributed by atoms with van der Waals surface area (Å²) in [6, 6.07) is 15.7. The van der Waals surface area contributed by atoms with Gasteiger partial charge in [0.2, 0.25) is 0 Å². The molecule has 23 heavy (non-hydrogen) atoms. The first-order chi connectivity index (χ1) is 11.2. The van der Waals surface area contributed by atoms with E-state index in [4.69, 9.17) is 4.74 Å². The molecule has 0 saturated carbocycles. The summed E-state index contributed by atoms with van der Waals surface area (Å²) in [6.45, 7) is 2.95. The lowest BCUT2D eigenvalue weighted by atomic mass is 9.98. The van der Waals surface area contributed by atoms with Crippen LogP contribution in [-0.4, -0.2) is 30.0 Å². The van der Waals surface area contributed by atoms with Crippen LogP contribution in [-0.2, 0) is 6.54 Å². The Morgan fingerprint density at radius 2 is 2.04 bits per heavy atom. The molecule has 2 aromatic carbocycles. The van der Waals surface area contributed by atoms with E-state index in [1.54, 1.807) is 6.07 Å². The van der Waals surface area contributed by atoms with Crippen LogP contribution in [0.2, 0.25) is 0 Å². The number of methoxy groups -OCH3 is 1. The van der Waals surface area contributed by atoms with Gasteiger partial charge in [-0.3, -0.25) is 15.0 Å². The lowest BCUT2D eigenvalue weighted by Gasteiger charge is -2.16. The maximum atomic E-state index is 11.0. The maximum Gasteiger partial charge on any atom is 0.310 e. The van der Waals surface area contributed by atoms with E-state index < -0.39 is 4.92 Å². The molecule has 0 unspecified atom stereocenters. The van der Waals surface area contributed by atoms with Crippen LogP contribution >= 0.6 is 0 Å². The first-order valence-electron chi connectivity index (χ1n) is 7.76. The number of hydrogen-bond acceptors (Lipinski definition) is 4. The maximum absolute atomic E-state index is 11.0. The minimum atomic E-state index is -0.404. The Bertz CT molecular complexity index is 688. The minimum Gasteiger partial charge on any atom is -0.490 e. The average molecular weight is 312 g/mol. The molecular formula is C18H20N2O3. The van der Waals surface area contributed by atoms with E-state index >= 15 is 0 Å². The smallest absolute Gasteiger partial charge is 0.310 e. The van der Waals surface area contributed by atoms with E-state index in [1.807, 2.05) is 18.2 Å². The fourth-order valence-electron chi connectivity index (χ4n) is 3.19. The van der Waals surface area contributed by atoms with Gasteiger partial charge in [-0.15, -0.1) is 0 Å². The van der Waals surface area contributed by atoms with Crippen molar-refractivity contribution < 1.29 is 9.66 Å². The molecule has 1 fully saturated rings. The first kappa shape index (κ1) is 15.5. The third kappa shape index (κ3) is 3.51. The Balaban J connectivity index is 1.70. The SMILES string of the molecule is COc1cc([C@H]2CCN(Cc3ccccc3)C2)ccc1[N+](=O)[O-]. The Morgan fingerprint density at radius 1 is 1.26 bits per heavy atom. The zero-order valence-corrected chi connectivity index (χ0v) is 13.1. The van der Waals surface area contributed by atoms with Gasteiger partial charge < -0.3 is 4.74 Å². The molecule has 0 radical (unpaired) electrons. The molecule has 5 heteroatoms. The van der Waals surface area contributed by atoms with E-state index in [0.717, 1.165) is 31.6 Å². The molecule has 0 aliphatic carbocycles. The van der Waals surface area contributed by atoms with Crippen LogP contribution in [0.25, 0.3) is 0 Å². The molecule has 1 aliphatic heterocycles. The third-order valence-electron chi connectivity index (χ3n) is 4.39. The van der Waals surface area contributed by atoms with Crippen molar-refractivity contribution in [3.05, 3.63) is 69.8 Å². The summed E-state index contributed by atoms with van der Waals surface area (Å²) in [5, 5.41) is 11.0. The van der Waals surface area contributed by atoms with Gasteiger partial charge in [0.25, 0.3) is 0 Å². The van der Waals surface area contributed by atoms with E-state index in [9.17, 15) is 10.1 Å². The number of nitro benzene ring substituents is 1. The lowest BCUT2D eigenvalue weighted by molar-refractivity contribution is -0.385. The zero-order valence-electron chi connectivity index (χ0n) is 13.1. The monoisotopic (exact) mass is 312 g/mol. The molecule has 2 aromatic rings. The Labute approximate surface area is 135 Å². The quantitative estimate of drug-likeness (QED) is 0.625. The van der Waals surface area contributed by atoms with Gasteiger partial charge >= 0.3 is 5.69 Å². The van der Waals surface area contributed by atoms with Crippen molar-refractivity contribution in [1.29, 1.82) is 0 Å². The largest absolute Gasteiger partial charge is 0.490 e. The number of rotatable bonds is 5. The Hall–Kier alpha value is -2.40. The van der Waals surface area contributed by atoms with Gasteiger partial charge in [0.05, 0.1) is 12.0 Å². The molecule has 3 rings (SSSR count). The highest BCUT2D eigenvalue weighted by atomic mass is 16.6. The molecule has 1 heterocycles. The fraction of sp³-hybridized carbons (Fsp3) is 0.333. The van der Waals surface area contributed by atoms with Crippen LogP contribution in [0, 0.1) is 10.1 Å². The van der Waals surface area contributed by atoms with E-state index in [0.29, 0.717) is 11.7 Å². The summed E-state index contributed by atoms with van der Waals surface area (Å²) in [7, 11) is 1.47. The van der Waals surface area contributed by atoms with Crippen molar-refractivity contribution >= 4 is 5.69 Å². The summed E-state index contributed by atoms with van der Waals surface area (Å²) in [5.41, 5.74) is 2.45. The summed E-state index contributed by atoms with van der Waals surface area (Å²) >= 11 is 0. The van der Waals surface area contributed by atoms with Crippen LogP contribution < -0.4 is 4.74 Å². The molecular weight excluding hydrogens is 292 g/mol. The van der Waals surface area contributed by atoms with Crippen LogP contribution in [0.1, 0.15) is 23.5 Å². The van der Waals surface area contributed by atoms with Crippen LogP contribution in [0.15, 0.2) is 48.5 Å². The Kier molecular flexibility index (Phi) is 4.57. The number of likely N-dealkylation sites (tertiary alicyclic amines) is 1. The minimum absolute atomic E-state index is 0.0235. The fourth-order valence-corrected chi connectivity index (χ4v) is 3.19. The second-order valence-electron chi connectivity index (χ2n) is 5.89. The molecule has 1 saturated heterocycles. The van der Waals surface area contributed by atoms with Gasteiger partial charge in [0.15, 0.2) is 5.75 Å². The van der Waals surface area contributed by atoms with E-state index in [1.165, 1.54) is 12.7 Å². The number of ether oxygens (including phenoxy) is 1. The molecule has 5 nitrogen and oxygen atoms in total. The molecule has 0 bridgehead atoms. The lowest BCUT2D eigenvalue weighted by Crippen LogP contribution is -2.19. The summed E-state index contributed by atoms with van der Waals surface area (Å²) in [4.78, 5) is 13.0. The van der Waals surface area contributed by atoms with Crippen molar-refractivity contribution in [2.75, 3.05) is 20.2 Å². The van der Waals surface area contributed by atoms with Crippen molar-refractivity contribution in [1.82, 2.24) is 4.90 Å². The Morgan fingerprint density at radius 3 is 2.74 bits per heavy atom. The molecule has 120 valence electrons. The number of hydrogen-bond donors (Lipinski definition) is 0. The van der Waals surface area contributed by atoms with E-state index in [-0.39, 0.29) is 5.69 Å². The third-order valence-corrected chi connectivity index (χ3v) is 4.39. The van der Waals surface area contributed by atoms with Gasteiger partial charge in [-0.2, -0.15) is 0 Å².